The zero-order valence-electron chi connectivity index (χ0n) is 11.2. The Kier molecular flexibility index (Phi) is 4.32. The van der Waals surface area contributed by atoms with E-state index in [0.717, 1.165) is 25.9 Å². The van der Waals surface area contributed by atoms with Crippen molar-refractivity contribution in [1.29, 1.82) is 0 Å². The molecule has 0 amide bonds. The van der Waals surface area contributed by atoms with Crippen LogP contribution in [0.2, 0.25) is 0 Å². The minimum atomic E-state index is -0.582. The van der Waals surface area contributed by atoms with Crippen molar-refractivity contribution in [3.05, 3.63) is 35.6 Å². The van der Waals surface area contributed by atoms with Gasteiger partial charge >= 0.3 is 0 Å². The largest absolute Gasteiger partial charge is 0.389 e. The van der Waals surface area contributed by atoms with Gasteiger partial charge in [0, 0.05) is 25.1 Å². The molecule has 1 aliphatic rings. The molecule has 1 atom stereocenters. The minimum absolute atomic E-state index is 0.0472. The molecule has 0 saturated carbocycles. The summed E-state index contributed by atoms with van der Waals surface area (Å²) in [6, 6.07) is 5.67. The van der Waals surface area contributed by atoms with Gasteiger partial charge in [-0.3, -0.25) is 4.79 Å². The van der Waals surface area contributed by atoms with E-state index < -0.39 is 5.60 Å². The maximum Gasteiger partial charge on any atom is 0.162 e. The van der Waals surface area contributed by atoms with Crippen molar-refractivity contribution in [3.8, 4) is 0 Å². The van der Waals surface area contributed by atoms with Crippen molar-refractivity contribution in [2.45, 2.75) is 31.8 Å². The molecule has 0 aliphatic carbocycles. The zero-order chi connectivity index (χ0) is 13.9. The molecule has 1 aliphatic heterocycles. The van der Waals surface area contributed by atoms with E-state index in [1.807, 2.05) is 6.92 Å². The monoisotopic (exact) mass is 265 g/mol. The highest BCUT2D eigenvalue weighted by Gasteiger charge is 2.30. The van der Waals surface area contributed by atoms with Crippen molar-refractivity contribution in [3.63, 3.8) is 0 Å². The number of carbonyl (C=O) groups excluding carboxylic acids is 1. The van der Waals surface area contributed by atoms with E-state index in [1.54, 1.807) is 0 Å². The summed E-state index contributed by atoms with van der Waals surface area (Å²) < 4.78 is 12.7. The van der Waals surface area contributed by atoms with E-state index in [-0.39, 0.29) is 11.6 Å². The molecule has 104 valence electrons. The Labute approximate surface area is 113 Å². The Hall–Kier alpha value is -1.26. The molecule has 0 aromatic heterocycles. The maximum atomic E-state index is 12.7. The number of carbonyl (C=O) groups is 1. The van der Waals surface area contributed by atoms with E-state index in [4.69, 9.17) is 0 Å². The van der Waals surface area contributed by atoms with Crippen molar-refractivity contribution >= 4 is 5.78 Å². The van der Waals surface area contributed by atoms with Crippen LogP contribution in [0, 0.1) is 5.82 Å². The number of ketones is 1. The molecule has 19 heavy (non-hydrogen) atoms. The van der Waals surface area contributed by atoms with Crippen LogP contribution < -0.4 is 0 Å². The van der Waals surface area contributed by atoms with Crippen LogP contribution in [0.4, 0.5) is 4.39 Å². The summed E-state index contributed by atoms with van der Waals surface area (Å²) in [6.07, 6.45) is 2.02. The summed E-state index contributed by atoms with van der Waals surface area (Å²) in [5.74, 6) is -0.276. The van der Waals surface area contributed by atoms with Gasteiger partial charge in [0.1, 0.15) is 5.82 Å². The number of rotatable bonds is 5. The summed E-state index contributed by atoms with van der Waals surface area (Å²) in [5, 5.41) is 9.83. The standard InChI is InChI=1S/C15H20FNO2/c1-15(19)8-10-17(11-15)9-2-3-14(18)12-4-6-13(16)7-5-12/h4-7,19H,2-3,8-11H2,1H3. The van der Waals surface area contributed by atoms with E-state index >= 15 is 0 Å². The van der Waals surface area contributed by atoms with Gasteiger partial charge in [0.2, 0.25) is 0 Å². The van der Waals surface area contributed by atoms with Gasteiger partial charge in [-0.05, 0) is 50.6 Å². The molecule has 1 saturated heterocycles. The van der Waals surface area contributed by atoms with Crippen LogP contribution in [0.5, 0.6) is 0 Å². The van der Waals surface area contributed by atoms with Crippen LogP contribution >= 0.6 is 0 Å². The van der Waals surface area contributed by atoms with Gasteiger partial charge in [-0.1, -0.05) is 0 Å². The predicted octanol–water partition coefficient (Wildman–Crippen LogP) is 2.25. The topological polar surface area (TPSA) is 40.5 Å². The van der Waals surface area contributed by atoms with Gasteiger partial charge in [0.15, 0.2) is 5.78 Å². The highest BCUT2D eigenvalue weighted by atomic mass is 19.1. The van der Waals surface area contributed by atoms with E-state index in [9.17, 15) is 14.3 Å². The Morgan fingerprint density at radius 1 is 1.42 bits per heavy atom. The fourth-order valence-electron chi connectivity index (χ4n) is 2.47. The Balaban J connectivity index is 1.74. The molecule has 2 rings (SSSR count). The summed E-state index contributed by atoms with van der Waals surface area (Å²) in [4.78, 5) is 14.0. The maximum absolute atomic E-state index is 12.7. The number of Topliss-reactive ketones (excluding diaryl/α,β-unsaturated/α-hetero) is 1. The molecule has 1 unspecified atom stereocenters. The fourth-order valence-corrected chi connectivity index (χ4v) is 2.47. The van der Waals surface area contributed by atoms with Gasteiger partial charge in [0.05, 0.1) is 5.60 Å². The first-order valence-corrected chi connectivity index (χ1v) is 6.70. The number of aliphatic hydroxyl groups is 1. The third kappa shape index (κ3) is 4.11. The molecule has 1 heterocycles. The third-order valence-corrected chi connectivity index (χ3v) is 3.58. The van der Waals surface area contributed by atoms with Crippen LogP contribution in [-0.2, 0) is 0 Å². The smallest absolute Gasteiger partial charge is 0.162 e. The molecule has 0 bridgehead atoms. The normalized spacial score (nSPS) is 23.7. The quantitative estimate of drug-likeness (QED) is 0.830. The van der Waals surface area contributed by atoms with Crippen LogP contribution in [0.1, 0.15) is 36.5 Å². The van der Waals surface area contributed by atoms with Crippen LogP contribution in [0.15, 0.2) is 24.3 Å². The number of hydrogen-bond donors (Lipinski definition) is 1. The first-order valence-electron chi connectivity index (χ1n) is 6.70. The molecule has 1 fully saturated rings. The SMILES string of the molecule is CC1(O)CCN(CCCC(=O)c2ccc(F)cc2)C1. The van der Waals surface area contributed by atoms with Gasteiger partial charge in [-0.15, -0.1) is 0 Å². The summed E-state index contributed by atoms with van der Waals surface area (Å²) in [5.41, 5.74) is -0.0177. The van der Waals surface area contributed by atoms with Gasteiger partial charge in [0.25, 0.3) is 0 Å². The third-order valence-electron chi connectivity index (χ3n) is 3.58. The Bertz CT molecular complexity index is 442. The number of nitrogens with zero attached hydrogens (tertiary/aromatic N) is 1. The molecular formula is C15H20FNO2. The van der Waals surface area contributed by atoms with Crippen LogP contribution in [0.25, 0.3) is 0 Å². The second kappa shape index (κ2) is 5.80. The fraction of sp³-hybridized carbons (Fsp3) is 0.533. The van der Waals surface area contributed by atoms with Crippen molar-refractivity contribution in [1.82, 2.24) is 4.90 Å². The number of β-amino-alcohol motifs (C(OH)–C–C–N with tert-alkyl or cyclic N) is 1. The molecule has 3 nitrogen and oxygen atoms in total. The second-order valence-electron chi connectivity index (χ2n) is 5.56. The van der Waals surface area contributed by atoms with Gasteiger partial charge in [-0.2, -0.15) is 0 Å². The lowest BCUT2D eigenvalue weighted by Crippen LogP contribution is -2.30. The Morgan fingerprint density at radius 2 is 2.11 bits per heavy atom. The number of likely N-dealkylation sites (tertiary alicyclic amines) is 1. The predicted molar refractivity (Wildman–Crippen MR) is 71.6 cm³/mol. The summed E-state index contributed by atoms with van der Waals surface area (Å²) >= 11 is 0. The average molecular weight is 265 g/mol. The Morgan fingerprint density at radius 3 is 2.68 bits per heavy atom. The highest BCUT2D eigenvalue weighted by Crippen LogP contribution is 2.20. The number of hydrogen-bond acceptors (Lipinski definition) is 3. The van der Waals surface area contributed by atoms with Crippen molar-refractivity contribution < 1.29 is 14.3 Å². The lowest BCUT2D eigenvalue weighted by molar-refractivity contribution is 0.0685. The van der Waals surface area contributed by atoms with E-state index in [0.29, 0.717) is 18.5 Å². The average Bonchev–Trinajstić information content (AvgIpc) is 2.69. The molecule has 1 aromatic rings. The molecule has 1 N–H and O–H groups in total. The first-order chi connectivity index (χ1) is 8.96. The first kappa shape index (κ1) is 14.2. The van der Waals surface area contributed by atoms with Gasteiger partial charge in [-0.25, -0.2) is 4.39 Å². The molecule has 0 spiro atoms. The zero-order valence-corrected chi connectivity index (χ0v) is 11.2. The van der Waals surface area contributed by atoms with Crippen LogP contribution in [-0.4, -0.2) is 41.0 Å². The highest BCUT2D eigenvalue weighted by molar-refractivity contribution is 5.95. The second-order valence-corrected chi connectivity index (χ2v) is 5.56. The number of halogens is 1. The lowest BCUT2D eigenvalue weighted by atomic mass is 10.1. The molecule has 0 radical (unpaired) electrons. The van der Waals surface area contributed by atoms with E-state index in [1.165, 1.54) is 24.3 Å². The van der Waals surface area contributed by atoms with Gasteiger partial charge < -0.3 is 10.0 Å². The number of benzene rings is 1. The minimum Gasteiger partial charge on any atom is -0.389 e. The van der Waals surface area contributed by atoms with Crippen LogP contribution in [0.3, 0.4) is 0 Å². The van der Waals surface area contributed by atoms with E-state index in [2.05, 4.69) is 4.90 Å². The summed E-state index contributed by atoms with van der Waals surface area (Å²) in [7, 11) is 0. The molecular weight excluding hydrogens is 245 g/mol. The summed E-state index contributed by atoms with van der Waals surface area (Å²) in [6.45, 7) is 4.23. The van der Waals surface area contributed by atoms with Crippen molar-refractivity contribution in [2.24, 2.45) is 0 Å². The lowest BCUT2D eigenvalue weighted by Gasteiger charge is -2.18. The van der Waals surface area contributed by atoms with Crippen molar-refractivity contribution in [2.75, 3.05) is 19.6 Å². The molecule has 4 heteroatoms. The molecule has 1 aromatic carbocycles.